The molecular formula is C17H23N3O4. The Hall–Kier alpha value is -2.31. The molecule has 0 bridgehead atoms. The lowest BCUT2D eigenvalue weighted by molar-refractivity contribution is -0.130. The summed E-state index contributed by atoms with van der Waals surface area (Å²) in [6.45, 7) is 3.89. The van der Waals surface area contributed by atoms with Crippen molar-refractivity contribution >= 4 is 17.7 Å². The summed E-state index contributed by atoms with van der Waals surface area (Å²) in [5.41, 5.74) is 5.22. The molecule has 2 N–H and O–H groups in total. The average molecular weight is 333 g/mol. The molecule has 3 amide bonds. The van der Waals surface area contributed by atoms with Crippen LogP contribution in [-0.2, 0) is 9.59 Å². The summed E-state index contributed by atoms with van der Waals surface area (Å²) in [6, 6.07) is 1.90. The smallest absolute Gasteiger partial charge is 0.273 e. The number of hydrogen-bond donors (Lipinski definition) is 2. The van der Waals surface area contributed by atoms with E-state index in [4.69, 9.17) is 4.42 Å². The Balaban J connectivity index is 1.53. The lowest BCUT2D eigenvalue weighted by Gasteiger charge is -2.23. The molecular weight excluding hydrogens is 310 g/mol. The SMILES string of the molecule is Cc1cc(C(=O)NNC(=O)[C@H]2CC(=O)N(C3CCCC3)C2)c(C)o1. The Bertz CT molecular complexity index is 661. The second-order valence-corrected chi connectivity index (χ2v) is 6.66. The van der Waals surface area contributed by atoms with Gasteiger partial charge in [0.2, 0.25) is 11.8 Å². The Kier molecular flexibility index (Phi) is 4.59. The Morgan fingerprint density at radius 1 is 1.21 bits per heavy atom. The predicted molar refractivity (Wildman–Crippen MR) is 85.9 cm³/mol. The fraction of sp³-hybridized carbons (Fsp3) is 0.588. The zero-order chi connectivity index (χ0) is 17.3. The highest BCUT2D eigenvalue weighted by molar-refractivity contribution is 5.97. The van der Waals surface area contributed by atoms with Gasteiger partial charge in [-0.1, -0.05) is 12.8 Å². The molecule has 1 aromatic heterocycles. The molecule has 7 heteroatoms. The van der Waals surface area contributed by atoms with E-state index in [0.717, 1.165) is 25.7 Å². The van der Waals surface area contributed by atoms with E-state index in [1.807, 2.05) is 4.90 Å². The summed E-state index contributed by atoms with van der Waals surface area (Å²) in [4.78, 5) is 38.3. The molecule has 130 valence electrons. The third kappa shape index (κ3) is 3.29. The van der Waals surface area contributed by atoms with Crippen molar-refractivity contribution in [1.29, 1.82) is 0 Å². The minimum atomic E-state index is -0.422. The van der Waals surface area contributed by atoms with Gasteiger partial charge in [0.15, 0.2) is 0 Å². The second-order valence-electron chi connectivity index (χ2n) is 6.66. The van der Waals surface area contributed by atoms with E-state index in [1.165, 1.54) is 0 Å². The van der Waals surface area contributed by atoms with Gasteiger partial charge in [-0.25, -0.2) is 0 Å². The highest BCUT2D eigenvalue weighted by Crippen LogP contribution is 2.29. The molecule has 2 fully saturated rings. The zero-order valence-corrected chi connectivity index (χ0v) is 14.1. The van der Waals surface area contributed by atoms with E-state index in [0.29, 0.717) is 23.6 Å². The van der Waals surface area contributed by atoms with Gasteiger partial charge in [-0.15, -0.1) is 0 Å². The number of amides is 3. The van der Waals surface area contributed by atoms with Crippen molar-refractivity contribution in [2.24, 2.45) is 5.92 Å². The molecule has 1 aliphatic heterocycles. The molecule has 1 atom stereocenters. The molecule has 0 radical (unpaired) electrons. The molecule has 2 heterocycles. The Morgan fingerprint density at radius 3 is 2.54 bits per heavy atom. The predicted octanol–water partition coefficient (Wildman–Crippen LogP) is 1.45. The first kappa shape index (κ1) is 16.5. The molecule has 0 spiro atoms. The highest BCUT2D eigenvalue weighted by Gasteiger charge is 2.38. The van der Waals surface area contributed by atoms with Crippen LogP contribution in [0.1, 0.15) is 54.0 Å². The van der Waals surface area contributed by atoms with E-state index in [9.17, 15) is 14.4 Å². The van der Waals surface area contributed by atoms with Crippen LogP contribution in [0.4, 0.5) is 0 Å². The summed E-state index contributed by atoms with van der Waals surface area (Å²) in [5, 5.41) is 0. The standard InChI is InChI=1S/C17H23N3O4/c1-10-7-14(11(2)24-10)17(23)19-18-16(22)12-8-15(21)20(9-12)13-5-3-4-6-13/h7,12-13H,3-6,8-9H2,1-2H3,(H,18,22)(H,19,23)/t12-/m0/s1. The first-order valence-electron chi connectivity index (χ1n) is 8.42. The first-order valence-corrected chi connectivity index (χ1v) is 8.42. The van der Waals surface area contributed by atoms with E-state index in [-0.39, 0.29) is 24.3 Å². The van der Waals surface area contributed by atoms with Crippen LogP contribution >= 0.6 is 0 Å². The van der Waals surface area contributed by atoms with Crippen molar-refractivity contribution < 1.29 is 18.8 Å². The number of furan rings is 1. The molecule has 3 rings (SSSR count). The van der Waals surface area contributed by atoms with Crippen LogP contribution in [-0.4, -0.2) is 35.2 Å². The van der Waals surface area contributed by atoms with Gasteiger partial charge in [0.1, 0.15) is 11.5 Å². The molecule has 7 nitrogen and oxygen atoms in total. The van der Waals surface area contributed by atoms with E-state index < -0.39 is 11.8 Å². The summed E-state index contributed by atoms with van der Waals surface area (Å²) in [7, 11) is 0. The number of nitrogens with one attached hydrogen (secondary N) is 2. The molecule has 1 saturated carbocycles. The maximum absolute atomic E-state index is 12.2. The lowest BCUT2D eigenvalue weighted by atomic mass is 10.1. The molecule has 1 aliphatic carbocycles. The fourth-order valence-electron chi connectivity index (χ4n) is 3.62. The fourth-order valence-corrected chi connectivity index (χ4v) is 3.62. The van der Waals surface area contributed by atoms with Crippen LogP contribution in [0.15, 0.2) is 10.5 Å². The molecule has 1 aromatic rings. The average Bonchev–Trinajstić information content (AvgIpc) is 3.24. The lowest BCUT2D eigenvalue weighted by Crippen LogP contribution is -2.45. The van der Waals surface area contributed by atoms with Crippen LogP contribution < -0.4 is 10.9 Å². The number of hydrazine groups is 1. The number of carbonyl (C=O) groups excluding carboxylic acids is 3. The van der Waals surface area contributed by atoms with E-state index >= 15 is 0 Å². The molecule has 1 saturated heterocycles. The van der Waals surface area contributed by atoms with Gasteiger partial charge in [-0.05, 0) is 32.8 Å². The minimum absolute atomic E-state index is 0.0367. The Labute approximate surface area is 140 Å². The van der Waals surface area contributed by atoms with Crippen LogP contribution in [0.25, 0.3) is 0 Å². The molecule has 2 aliphatic rings. The van der Waals surface area contributed by atoms with Gasteiger partial charge < -0.3 is 9.32 Å². The van der Waals surface area contributed by atoms with Crippen LogP contribution in [0.3, 0.4) is 0 Å². The van der Waals surface area contributed by atoms with E-state index in [2.05, 4.69) is 10.9 Å². The van der Waals surface area contributed by atoms with Crippen LogP contribution in [0.2, 0.25) is 0 Å². The second kappa shape index (κ2) is 6.67. The Morgan fingerprint density at radius 2 is 1.92 bits per heavy atom. The maximum Gasteiger partial charge on any atom is 0.273 e. The largest absolute Gasteiger partial charge is 0.466 e. The van der Waals surface area contributed by atoms with Gasteiger partial charge in [0, 0.05) is 19.0 Å². The first-order chi connectivity index (χ1) is 11.5. The topological polar surface area (TPSA) is 91.7 Å². The third-order valence-corrected chi connectivity index (χ3v) is 4.88. The van der Waals surface area contributed by atoms with Crippen molar-refractivity contribution in [3.05, 3.63) is 23.2 Å². The number of carbonyl (C=O) groups is 3. The van der Waals surface area contributed by atoms with Crippen molar-refractivity contribution in [3.63, 3.8) is 0 Å². The van der Waals surface area contributed by atoms with Crippen LogP contribution in [0.5, 0.6) is 0 Å². The summed E-state index contributed by atoms with van der Waals surface area (Å²) in [6.07, 6.45) is 4.55. The molecule has 0 aromatic carbocycles. The highest BCUT2D eigenvalue weighted by atomic mass is 16.3. The van der Waals surface area contributed by atoms with Crippen molar-refractivity contribution in [2.45, 2.75) is 52.0 Å². The number of nitrogens with zero attached hydrogens (tertiary/aromatic N) is 1. The normalized spacial score (nSPS) is 21.3. The summed E-state index contributed by atoms with van der Waals surface area (Å²) in [5.74, 6) is 0.0188. The van der Waals surface area contributed by atoms with Gasteiger partial charge in [-0.3, -0.25) is 25.2 Å². The van der Waals surface area contributed by atoms with Crippen LogP contribution in [0, 0.1) is 19.8 Å². The number of hydrogen-bond acceptors (Lipinski definition) is 4. The summed E-state index contributed by atoms with van der Waals surface area (Å²) < 4.78 is 5.30. The monoisotopic (exact) mass is 333 g/mol. The zero-order valence-electron chi connectivity index (χ0n) is 14.1. The molecule has 24 heavy (non-hydrogen) atoms. The number of likely N-dealkylation sites (tertiary alicyclic amines) is 1. The number of rotatable bonds is 3. The third-order valence-electron chi connectivity index (χ3n) is 4.88. The quantitative estimate of drug-likeness (QED) is 0.819. The van der Waals surface area contributed by atoms with Crippen molar-refractivity contribution in [1.82, 2.24) is 15.8 Å². The minimum Gasteiger partial charge on any atom is -0.466 e. The van der Waals surface area contributed by atoms with Crippen molar-refractivity contribution in [2.75, 3.05) is 6.54 Å². The van der Waals surface area contributed by atoms with Gasteiger partial charge >= 0.3 is 0 Å². The molecule has 0 unspecified atom stereocenters. The van der Waals surface area contributed by atoms with Gasteiger partial charge in [-0.2, -0.15) is 0 Å². The summed E-state index contributed by atoms with van der Waals surface area (Å²) >= 11 is 0. The number of aryl methyl sites for hydroxylation is 2. The van der Waals surface area contributed by atoms with Gasteiger partial charge in [0.05, 0.1) is 11.5 Å². The maximum atomic E-state index is 12.2. The van der Waals surface area contributed by atoms with Gasteiger partial charge in [0.25, 0.3) is 5.91 Å². The van der Waals surface area contributed by atoms with E-state index in [1.54, 1.807) is 19.9 Å². The van der Waals surface area contributed by atoms with Crippen molar-refractivity contribution in [3.8, 4) is 0 Å².